The van der Waals surface area contributed by atoms with Crippen LogP contribution in [0.3, 0.4) is 0 Å². The topological polar surface area (TPSA) is 143 Å². The third-order valence-electron chi connectivity index (χ3n) is 2.74. The number of hydrogen-bond donors (Lipinski definition) is 2. The van der Waals surface area contributed by atoms with Crippen molar-refractivity contribution < 1.29 is 14.8 Å². The van der Waals surface area contributed by atoms with E-state index >= 15 is 0 Å². The van der Waals surface area contributed by atoms with Crippen LogP contribution < -0.4 is 5.56 Å². The van der Waals surface area contributed by atoms with Crippen molar-refractivity contribution in [3.05, 3.63) is 43.4 Å². The highest BCUT2D eigenvalue weighted by Gasteiger charge is 2.19. The van der Waals surface area contributed by atoms with Crippen LogP contribution in [0.5, 0.6) is 0 Å². The lowest BCUT2D eigenvalue weighted by Crippen LogP contribution is -2.11. The molecule has 0 spiro atoms. The molecule has 2 heterocycles. The minimum Gasteiger partial charge on any atom is -0.475 e. The van der Waals surface area contributed by atoms with E-state index in [2.05, 4.69) is 15.1 Å². The number of fused-ring (bicyclic) bond motifs is 3. The predicted octanol–water partition coefficient (Wildman–Crippen LogP) is 0.831. The second-order valence-electron chi connectivity index (χ2n) is 4.01. The van der Waals surface area contributed by atoms with E-state index in [9.17, 15) is 19.7 Å². The molecule has 2 N–H and O–H groups in total. The Bertz CT molecular complexity index is 991. The summed E-state index contributed by atoms with van der Waals surface area (Å²) in [5, 5.41) is 23.2. The maximum absolute atomic E-state index is 11.8. The molecule has 1 aromatic carbocycles. The first-order valence-corrected chi connectivity index (χ1v) is 5.76. The van der Waals surface area contributed by atoms with Crippen LogP contribution in [0, 0.1) is 10.1 Å². The van der Waals surface area contributed by atoms with Crippen LogP contribution in [-0.4, -0.2) is 35.6 Å². The average molecular weight is 310 g/mol. The number of halogens is 1. The highest BCUT2D eigenvalue weighted by Crippen LogP contribution is 2.28. The molecule has 0 aliphatic carbocycles. The molecule has 106 valence electrons. The van der Waals surface area contributed by atoms with Crippen LogP contribution in [0.4, 0.5) is 5.69 Å². The van der Waals surface area contributed by atoms with E-state index in [1.54, 1.807) is 0 Å². The van der Waals surface area contributed by atoms with Gasteiger partial charge in [-0.2, -0.15) is 4.98 Å². The molecule has 3 aromatic rings. The highest BCUT2D eigenvalue weighted by molar-refractivity contribution is 6.33. The van der Waals surface area contributed by atoms with Gasteiger partial charge in [0.1, 0.15) is 5.02 Å². The third kappa shape index (κ3) is 1.89. The van der Waals surface area contributed by atoms with Crippen molar-refractivity contribution in [3.63, 3.8) is 0 Å². The van der Waals surface area contributed by atoms with Gasteiger partial charge in [-0.15, -0.1) is 5.10 Å². The molecular weight excluding hydrogens is 306 g/mol. The summed E-state index contributed by atoms with van der Waals surface area (Å²) >= 11 is 5.75. The molecule has 0 fully saturated rings. The molecule has 0 radical (unpaired) electrons. The first-order valence-electron chi connectivity index (χ1n) is 5.38. The number of nitro groups is 1. The first-order chi connectivity index (χ1) is 9.88. The largest absolute Gasteiger partial charge is 0.475 e. The van der Waals surface area contributed by atoms with Crippen molar-refractivity contribution in [1.29, 1.82) is 0 Å². The van der Waals surface area contributed by atoms with Crippen LogP contribution in [-0.2, 0) is 0 Å². The minimum absolute atomic E-state index is 0.112. The number of carboxylic acid groups (broad SMARTS) is 1. The van der Waals surface area contributed by atoms with Gasteiger partial charge < -0.3 is 10.1 Å². The van der Waals surface area contributed by atoms with Gasteiger partial charge in [-0.25, -0.2) is 9.31 Å². The number of carbonyl (C=O) groups is 1. The summed E-state index contributed by atoms with van der Waals surface area (Å²) in [6.45, 7) is 0. The van der Waals surface area contributed by atoms with Crippen molar-refractivity contribution >= 4 is 39.9 Å². The van der Waals surface area contributed by atoms with Crippen molar-refractivity contribution in [2.24, 2.45) is 0 Å². The second-order valence-corrected chi connectivity index (χ2v) is 4.42. The van der Waals surface area contributed by atoms with Crippen LogP contribution in [0.2, 0.25) is 5.02 Å². The van der Waals surface area contributed by atoms with Crippen LogP contribution in [0.1, 0.15) is 10.6 Å². The zero-order valence-corrected chi connectivity index (χ0v) is 10.7. The lowest BCUT2D eigenvalue weighted by Gasteiger charge is -2.01. The van der Waals surface area contributed by atoms with Crippen molar-refractivity contribution in [3.8, 4) is 0 Å². The lowest BCUT2D eigenvalue weighted by atomic mass is 10.2. The summed E-state index contributed by atoms with van der Waals surface area (Å²) in [6, 6.07) is 2.28. The van der Waals surface area contributed by atoms with Gasteiger partial charge in [0.25, 0.3) is 17.1 Å². The molecule has 0 bridgehead atoms. The molecular formula is C10H4ClN5O5. The van der Waals surface area contributed by atoms with Gasteiger partial charge in [0, 0.05) is 6.07 Å². The fourth-order valence-corrected chi connectivity index (χ4v) is 2.09. The maximum Gasteiger partial charge on any atom is 0.375 e. The van der Waals surface area contributed by atoms with Crippen molar-refractivity contribution in [2.75, 3.05) is 0 Å². The number of aromatic nitrogens is 4. The minimum atomic E-state index is -1.42. The van der Waals surface area contributed by atoms with E-state index < -0.39 is 28.0 Å². The van der Waals surface area contributed by atoms with Gasteiger partial charge in [-0.05, 0) is 6.07 Å². The molecule has 10 nitrogen and oxygen atoms in total. The number of nitrogens with one attached hydrogen (secondary N) is 1. The monoisotopic (exact) mass is 309 g/mol. The van der Waals surface area contributed by atoms with E-state index in [4.69, 9.17) is 16.7 Å². The van der Waals surface area contributed by atoms with Gasteiger partial charge in [-0.3, -0.25) is 14.9 Å². The molecule has 0 saturated heterocycles. The SMILES string of the molecule is O=C(O)c1nc2c(=O)[nH]c3cc(Cl)c([N+](=O)[O-])cc3n2n1. The number of benzene rings is 1. The van der Waals surface area contributed by atoms with E-state index in [-0.39, 0.29) is 21.7 Å². The van der Waals surface area contributed by atoms with Crippen molar-refractivity contribution in [2.45, 2.75) is 0 Å². The Labute approximate surface area is 118 Å². The summed E-state index contributed by atoms with van der Waals surface area (Å²) in [6.07, 6.45) is 0. The number of carboxylic acids is 1. The molecule has 0 saturated carbocycles. The van der Waals surface area contributed by atoms with Crippen LogP contribution >= 0.6 is 11.6 Å². The number of aromatic amines is 1. The van der Waals surface area contributed by atoms with E-state index in [0.29, 0.717) is 0 Å². The number of rotatable bonds is 2. The zero-order valence-electron chi connectivity index (χ0n) is 9.90. The Morgan fingerprint density at radius 3 is 2.81 bits per heavy atom. The number of nitrogens with zero attached hydrogens (tertiary/aromatic N) is 4. The molecule has 0 aliphatic heterocycles. The Morgan fingerprint density at radius 1 is 1.48 bits per heavy atom. The fraction of sp³-hybridized carbons (Fsp3) is 0. The Morgan fingerprint density at radius 2 is 2.19 bits per heavy atom. The summed E-state index contributed by atoms with van der Waals surface area (Å²) in [4.78, 5) is 38.8. The van der Waals surface area contributed by atoms with Gasteiger partial charge in [0.2, 0.25) is 5.65 Å². The molecule has 0 atom stereocenters. The van der Waals surface area contributed by atoms with Crippen molar-refractivity contribution in [1.82, 2.24) is 19.6 Å². The quantitative estimate of drug-likeness (QED) is 0.527. The third-order valence-corrected chi connectivity index (χ3v) is 3.04. The molecule has 0 amide bonds. The predicted molar refractivity (Wildman–Crippen MR) is 69.7 cm³/mol. The summed E-state index contributed by atoms with van der Waals surface area (Å²) in [7, 11) is 0. The second kappa shape index (κ2) is 4.24. The standard InChI is InChI=1S/C10H4ClN5O5/c11-3-1-4-6(2-5(3)16(20)21)15-8(9(17)12-4)13-7(14-15)10(18)19/h1-2H,(H,12,17)(H,18,19). The Kier molecular flexibility index (Phi) is 2.63. The molecule has 11 heteroatoms. The number of aromatic carboxylic acids is 1. The Hall–Kier alpha value is -3.01. The van der Waals surface area contributed by atoms with Gasteiger partial charge in [0.05, 0.1) is 16.0 Å². The first kappa shape index (κ1) is 13.0. The van der Waals surface area contributed by atoms with Crippen LogP contribution in [0.25, 0.3) is 16.7 Å². The number of hydrogen-bond acceptors (Lipinski definition) is 6. The summed E-state index contributed by atoms with van der Waals surface area (Å²) < 4.78 is 0.931. The smallest absolute Gasteiger partial charge is 0.375 e. The fourth-order valence-electron chi connectivity index (χ4n) is 1.86. The van der Waals surface area contributed by atoms with E-state index in [0.717, 1.165) is 10.6 Å². The van der Waals surface area contributed by atoms with Crippen LogP contribution in [0.15, 0.2) is 16.9 Å². The van der Waals surface area contributed by atoms with Gasteiger partial charge in [0.15, 0.2) is 0 Å². The lowest BCUT2D eigenvalue weighted by molar-refractivity contribution is -0.384. The number of nitro benzene ring substituents is 1. The normalized spacial score (nSPS) is 11.1. The average Bonchev–Trinajstić information content (AvgIpc) is 2.83. The zero-order chi connectivity index (χ0) is 15.3. The van der Waals surface area contributed by atoms with E-state index in [1.165, 1.54) is 6.07 Å². The summed E-state index contributed by atoms with van der Waals surface area (Å²) in [5.74, 6) is -2.01. The molecule has 21 heavy (non-hydrogen) atoms. The Balaban J connectivity index is 2.51. The molecule has 2 aromatic heterocycles. The molecule has 0 aliphatic rings. The van der Waals surface area contributed by atoms with E-state index in [1.807, 2.05) is 0 Å². The van der Waals surface area contributed by atoms with Gasteiger partial charge >= 0.3 is 5.97 Å². The summed E-state index contributed by atoms with van der Waals surface area (Å²) in [5.41, 5.74) is -1.08. The highest BCUT2D eigenvalue weighted by atomic mass is 35.5. The van der Waals surface area contributed by atoms with Gasteiger partial charge in [-0.1, -0.05) is 11.6 Å². The number of H-pyrrole nitrogens is 1. The molecule has 0 unspecified atom stereocenters. The maximum atomic E-state index is 11.8. The molecule has 3 rings (SSSR count).